The van der Waals surface area contributed by atoms with Gasteiger partial charge in [0.1, 0.15) is 11.7 Å². The summed E-state index contributed by atoms with van der Waals surface area (Å²) >= 11 is 0. The third-order valence-electron chi connectivity index (χ3n) is 5.82. The van der Waals surface area contributed by atoms with Crippen molar-refractivity contribution in [1.82, 2.24) is 14.8 Å². The number of nitrogens with zero attached hydrogens (tertiary/aromatic N) is 4. The van der Waals surface area contributed by atoms with Crippen molar-refractivity contribution in [3.05, 3.63) is 42.6 Å². The lowest BCUT2D eigenvalue weighted by atomic mass is 10.1. The van der Waals surface area contributed by atoms with Gasteiger partial charge in [-0.1, -0.05) is 12.1 Å². The maximum Gasteiger partial charge on any atom is 0.333 e. The van der Waals surface area contributed by atoms with E-state index in [1.54, 1.807) is 6.20 Å². The van der Waals surface area contributed by atoms with Crippen LogP contribution >= 0.6 is 0 Å². The second-order valence-corrected chi connectivity index (χ2v) is 9.29. The Labute approximate surface area is 180 Å². The predicted molar refractivity (Wildman–Crippen MR) is 119 cm³/mol. The van der Waals surface area contributed by atoms with Crippen LogP contribution in [0.3, 0.4) is 0 Å². The number of pyridine rings is 1. The topological polar surface area (TPSA) is 124 Å². The SMILES string of the molecule is NS(=O)(=O)OCC1CCC(N=C2CCNc3cc(-c4ccc5ncccc5c4)nn32)C1. The summed E-state index contributed by atoms with van der Waals surface area (Å²) in [7, 11) is -3.90. The smallest absolute Gasteiger partial charge is 0.333 e. The van der Waals surface area contributed by atoms with Crippen LogP contribution in [0.25, 0.3) is 22.2 Å². The average molecular weight is 441 g/mol. The lowest BCUT2D eigenvalue weighted by molar-refractivity contribution is 0.256. The van der Waals surface area contributed by atoms with Crippen LogP contribution < -0.4 is 10.5 Å². The molecular weight excluding hydrogens is 416 g/mol. The molecule has 2 aromatic heterocycles. The number of hydrogen-bond acceptors (Lipinski definition) is 7. The van der Waals surface area contributed by atoms with Crippen molar-refractivity contribution in [3.63, 3.8) is 0 Å². The fraction of sp³-hybridized carbons (Fsp3) is 0.381. The first-order valence-corrected chi connectivity index (χ1v) is 11.8. The van der Waals surface area contributed by atoms with Gasteiger partial charge >= 0.3 is 10.3 Å². The molecule has 0 amide bonds. The molecule has 162 valence electrons. The van der Waals surface area contributed by atoms with E-state index in [-0.39, 0.29) is 18.6 Å². The van der Waals surface area contributed by atoms with Crippen molar-refractivity contribution in [2.24, 2.45) is 16.0 Å². The van der Waals surface area contributed by atoms with Gasteiger partial charge in [0.05, 0.1) is 23.9 Å². The molecule has 1 aromatic carbocycles. The van der Waals surface area contributed by atoms with E-state index in [0.717, 1.165) is 66.0 Å². The zero-order valence-corrected chi connectivity index (χ0v) is 17.8. The first kappa shape index (κ1) is 20.1. The van der Waals surface area contributed by atoms with Gasteiger partial charge in [0, 0.05) is 36.2 Å². The van der Waals surface area contributed by atoms with Crippen molar-refractivity contribution in [2.75, 3.05) is 18.5 Å². The molecule has 0 spiro atoms. The Morgan fingerprint density at radius 3 is 3.03 bits per heavy atom. The molecule has 10 heteroatoms. The molecule has 31 heavy (non-hydrogen) atoms. The Morgan fingerprint density at radius 2 is 2.16 bits per heavy atom. The Hall–Kier alpha value is -2.82. The molecule has 1 fully saturated rings. The van der Waals surface area contributed by atoms with Crippen LogP contribution in [0.2, 0.25) is 0 Å². The Morgan fingerprint density at radius 1 is 1.26 bits per heavy atom. The van der Waals surface area contributed by atoms with Gasteiger partial charge in [-0.2, -0.15) is 13.5 Å². The zero-order chi connectivity index (χ0) is 21.4. The Balaban J connectivity index is 1.36. The molecule has 0 saturated heterocycles. The molecular formula is C21H24N6O3S. The van der Waals surface area contributed by atoms with Crippen molar-refractivity contribution in [2.45, 2.75) is 31.7 Å². The van der Waals surface area contributed by atoms with E-state index in [0.29, 0.717) is 0 Å². The monoisotopic (exact) mass is 440 g/mol. The molecule has 5 rings (SSSR count). The summed E-state index contributed by atoms with van der Waals surface area (Å²) in [5, 5.41) is 14.2. The number of benzene rings is 1. The zero-order valence-electron chi connectivity index (χ0n) is 16.9. The number of nitrogens with two attached hydrogens (primary N) is 1. The number of nitrogens with one attached hydrogen (secondary N) is 1. The quantitative estimate of drug-likeness (QED) is 0.628. The maximum atomic E-state index is 11.0. The van der Waals surface area contributed by atoms with Crippen LogP contribution in [0.5, 0.6) is 0 Å². The molecule has 0 bridgehead atoms. The highest BCUT2D eigenvalue weighted by Gasteiger charge is 2.27. The third kappa shape index (κ3) is 4.46. The van der Waals surface area contributed by atoms with Gasteiger partial charge in [-0.15, -0.1) is 0 Å². The predicted octanol–water partition coefficient (Wildman–Crippen LogP) is 2.55. The van der Waals surface area contributed by atoms with Crippen molar-refractivity contribution >= 4 is 32.9 Å². The van der Waals surface area contributed by atoms with Gasteiger partial charge in [0.15, 0.2) is 0 Å². The van der Waals surface area contributed by atoms with Crippen LogP contribution in [0.1, 0.15) is 25.7 Å². The van der Waals surface area contributed by atoms with Crippen molar-refractivity contribution in [1.29, 1.82) is 0 Å². The molecule has 3 heterocycles. The molecule has 2 aliphatic rings. The summed E-state index contributed by atoms with van der Waals surface area (Å²) in [6.45, 7) is 0.923. The number of aliphatic imine (C=N–C) groups is 1. The molecule has 2 atom stereocenters. The van der Waals surface area contributed by atoms with Crippen molar-refractivity contribution in [3.8, 4) is 11.3 Å². The van der Waals surface area contributed by atoms with E-state index in [1.165, 1.54) is 0 Å². The standard InChI is InChI=1S/C21H24N6O3S/c22-31(28,29)30-13-14-3-5-17(10-14)25-20-7-9-24-21-12-19(26-27(20)21)16-4-6-18-15(11-16)2-1-8-23-18/h1-2,4,6,8,11-12,14,17,24H,3,5,7,9-10,13H2,(H2,22,28,29). The van der Waals surface area contributed by atoms with E-state index in [2.05, 4.69) is 16.4 Å². The number of fused-ring (bicyclic) bond motifs is 2. The van der Waals surface area contributed by atoms with Gasteiger partial charge in [0.25, 0.3) is 0 Å². The first-order valence-electron chi connectivity index (χ1n) is 10.4. The highest BCUT2D eigenvalue weighted by molar-refractivity contribution is 7.84. The minimum Gasteiger partial charge on any atom is -0.369 e. The average Bonchev–Trinajstić information content (AvgIpc) is 3.39. The van der Waals surface area contributed by atoms with E-state index in [4.69, 9.17) is 19.4 Å². The van der Waals surface area contributed by atoms with E-state index in [9.17, 15) is 8.42 Å². The lowest BCUT2D eigenvalue weighted by Crippen LogP contribution is -2.27. The van der Waals surface area contributed by atoms with Crippen LogP contribution in [0.4, 0.5) is 5.82 Å². The number of aromatic nitrogens is 3. The van der Waals surface area contributed by atoms with Crippen LogP contribution in [-0.4, -0.2) is 48.2 Å². The summed E-state index contributed by atoms with van der Waals surface area (Å²) in [5.41, 5.74) is 2.87. The van der Waals surface area contributed by atoms with Crippen LogP contribution in [0.15, 0.2) is 47.6 Å². The second-order valence-electron chi connectivity index (χ2n) is 8.07. The number of hydrogen-bond donors (Lipinski definition) is 2. The number of rotatable bonds is 5. The molecule has 3 N–H and O–H groups in total. The summed E-state index contributed by atoms with van der Waals surface area (Å²) in [4.78, 5) is 9.34. The lowest BCUT2D eigenvalue weighted by Gasteiger charge is -2.19. The highest BCUT2D eigenvalue weighted by atomic mass is 32.2. The minimum atomic E-state index is -3.90. The number of anilines is 1. The molecule has 9 nitrogen and oxygen atoms in total. The maximum absolute atomic E-state index is 11.0. The molecule has 1 aliphatic carbocycles. The van der Waals surface area contributed by atoms with Crippen molar-refractivity contribution < 1.29 is 12.6 Å². The fourth-order valence-electron chi connectivity index (χ4n) is 4.33. The van der Waals surface area contributed by atoms with Gasteiger partial charge in [-0.25, -0.2) is 9.82 Å². The molecule has 1 saturated carbocycles. The molecule has 1 aliphatic heterocycles. The minimum absolute atomic E-state index is 0.121. The normalized spacial score (nSPS) is 22.5. The third-order valence-corrected chi connectivity index (χ3v) is 6.29. The summed E-state index contributed by atoms with van der Waals surface area (Å²) in [6.07, 6.45) is 5.13. The van der Waals surface area contributed by atoms with E-state index < -0.39 is 10.3 Å². The largest absolute Gasteiger partial charge is 0.369 e. The molecule has 3 aromatic rings. The van der Waals surface area contributed by atoms with Gasteiger partial charge < -0.3 is 5.32 Å². The summed E-state index contributed by atoms with van der Waals surface area (Å²) in [6, 6.07) is 12.3. The van der Waals surface area contributed by atoms with E-state index >= 15 is 0 Å². The van der Waals surface area contributed by atoms with E-state index in [1.807, 2.05) is 35.0 Å². The Bertz CT molecular complexity index is 1250. The summed E-state index contributed by atoms with van der Waals surface area (Å²) < 4.78 is 28.7. The molecule has 0 radical (unpaired) electrons. The fourth-order valence-corrected chi connectivity index (χ4v) is 4.71. The Kier molecular flexibility index (Phi) is 5.20. The highest BCUT2D eigenvalue weighted by Crippen LogP contribution is 2.30. The van der Waals surface area contributed by atoms with Gasteiger partial charge in [-0.05, 0) is 43.4 Å². The molecule has 2 unspecified atom stereocenters. The first-order chi connectivity index (χ1) is 14.9. The van der Waals surface area contributed by atoms with Crippen LogP contribution in [0, 0.1) is 5.92 Å². The second kappa shape index (κ2) is 8.03. The van der Waals surface area contributed by atoms with Crippen LogP contribution in [-0.2, 0) is 14.5 Å². The van der Waals surface area contributed by atoms with Gasteiger partial charge in [-0.3, -0.25) is 14.2 Å². The van der Waals surface area contributed by atoms with Gasteiger partial charge in [0.2, 0.25) is 0 Å². The summed E-state index contributed by atoms with van der Waals surface area (Å²) in [5.74, 6) is 2.01.